The van der Waals surface area contributed by atoms with E-state index in [1.165, 1.54) is 50.5 Å². The van der Waals surface area contributed by atoms with Crippen LogP contribution in [0.25, 0.3) is 0 Å². The van der Waals surface area contributed by atoms with Gasteiger partial charge in [-0.1, -0.05) is 41.8 Å². The van der Waals surface area contributed by atoms with Gasteiger partial charge in [-0.25, -0.2) is 0 Å². The largest absolute Gasteiger partial charge is 0.328 e. The van der Waals surface area contributed by atoms with Crippen molar-refractivity contribution in [3.63, 3.8) is 0 Å². The van der Waals surface area contributed by atoms with Crippen LogP contribution in [0.1, 0.15) is 70.6 Å². The lowest BCUT2D eigenvalue weighted by Gasteiger charge is -2.38. The van der Waals surface area contributed by atoms with Gasteiger partial charge in [-0.05, 0) is 84.4 Å². The van der Waals surface area contributed by atoms with Gasteiger partial charge in [0, 0.05) is 29.2 Å². The van der Waals surface area contributed by atoms with Crippen LogP contribution in [0, 0.1) is 26.7 Å². The molecule has 2 atom stereocenters. The number of anilines is 1. The molecule has 0 saturated carbocycles. The number of rotatable bonds is 5. The maximum absolute atomic E-state index is 4.14. The van der Waals surface area contributed by atoms with E-state index < -0.39 is 0 Å². The summed E-state index contributed by atoms with van der Waals surface area (Å²) in [5.74, 6) is 0.543. The molecule has 1 aromatic carbocycles. The Bertz CT molecular complexity index is 889. The van der Waals surface area contributed by atoms with Gasteiger partial charge in [0.1, 0.15) is 6.17 Å². The fourth-order valence-corrected chi connectivity index (χ4v) is 5.30. The normalized spacial score (nSPS) is 22.2. The highest BCUT2D eigenvalue weighted by molar-refractivity contribution is 5.65. The van der Waals surface area contributed by atoms with Gasteiger partial charge in [-0.3, -0.25) is 0 Å². The molecule has 156 valence electrons. The Labute approximate surface area is 178 Å². The molecule has 0 amide bonds. The minimum absolute atomic E-state index is 0.273. The van der Waals surface area contributed by atoms with Crippen molar-refractivity contribution in [3.8, 4) is 0 Å². The number of aryl methyl sites for hydroxylation is 3. The van der Waals surface area contributed by atoms with Crippen LogP contribution in [0.3, 0.4) is 0 Å². The van der Waals surface area contributed by atoms with Gasteiger partial charge >= 0.3 is 0 Å². The lowest BCUT2D eigenvalue weighted by molar-refractivity contribution is 0.340. The van der Waals surface area contributed by atoms with E-state index in [1.54, 1.807) is 0 Å². The van der Waals surface area contributed by atoms with Crippen molar-refractivity contribution in [2.75, 3.05) is 4.90 Å². The molecular formula is C27H38N2. The molecule has 2 unspecified atom stereocenters. The van der Waals surface area contributed by atoms with Crippen LogP contribution in [0.2, 0.25) is 0 Å². The Morgan fingerprint density at radius 3 is 2.24 bits per heavy atom. The minimum atomic E-state index is 0.273. The second kappa shape index (κ2) is 8.26. The van der Waals surface area contributed by atoms with Gasteiger partial charge in [-0.15, -0.1) is 6.58 Å². The summed E-state index contributed by atoms with van der Waals surface area (Å²) < 4.78 is 0. The maximum atomic E-state index is 4.14. The van der Waals surface area contributed by atoms with Gasteiger partial charge in [0.05, 0.1) is 0 Å². The van der Waals surface area contributed by atoms with Crippen LogP contribution >= 0.6 is 0 Å². The second-order valence-electron chi connectivity index (χ2n) is 9.40. The van der Waals surface area contributed by atoms with Crippen LogP contribution in [0.5, 0.6) is 0 Å². The van der Waals surface area contributed by atoms with Crippen LogP contribution in [-0.2, 0) is 0 Å². The number of hydrogen-bond acceptors (Lipinski definition) is 2. The average Bonchev–Trinajstić information content (AvgIpc) is 2.88. The van der Waals surface area contributed by atoms with Gasteiger partial charge in [0.15, 0.2) is 0 Å². The second-order valence-corrected chi connectivity index (χ2v) is 9.40. The Morgan fingerprint density at radius 1 is 1.07 bits per heavy atom. The summed E-state index contributed by atoms with van der Waals surface area (Å²) in [6.45, 7) is 22.2. The van der Waals surface area contributed by atoms with Crippen molar-refractivity contribution in [1.29, 1.82) is 0 Å². The highest BCUT2D eigenvalue weighted by Crippen LogP contribution is 2.42. The van der Waals surface area contributed by atoms with Crippen LogP contribution in [0.15, 0.2) is 59.1 Å². The van der Waals surface area contributed by atoms with Crippen molar-refractivity contribution in [2.24, 2.45) is 5.92 Å². The third kappa shape index (κ3) is 4.22. The van der Waals surface area contributed by atoms with Crippen LogP contribution in [0.4, 0.5) is 5.69 Å². The van der Waals surface area contributed by atoms with Crippen molar-refractivity contribution in [2.45, 2.75) is 80.8 Å². The third-order valence-electron chi connectivity index (χ3n) is 6.30. The molecule has 1 aliphatic carbocycles. The van der Waals surface area contributed by atoms with E-state index >= 15 is 0 Å². The van der Waals surface area contributed by atoms with E-state index in [0.29, 0.717) is 5.92 Å². The molecule has 0 aromatic heterocycles. The standard InChI is InChI=1S/C27H38N2/c1-17(2)10-11-25-16-28(26-20(5)12-18(3)13-21(26)6)24(9)29(25)27-22(7)14-19(4)15-23(27)8/h12,14-16,21,24H,1,10-11,13H2,2-9H3. The summed E-state index contributed by atoms with van der Waals surface area (Å²) in [5, 5.41) is 0. The summed E-state index contributed by atoms with van der Waals surface area (Å²) in [7, 11) is 0. The van der Waals surface area contributed by atoms with Crippen LogP contribution in [-0.4, -0.2) is 11.1 Å². The van der Waals surface area contributed by atoms with Crippen molar-refractivity contribution in [1.82, 2.24) is 4.90 Å². The van der Waals surface area contributed by atoms with E-state index in [4.69, 9.17) is 0 Å². The van der Waals surface area contributed by atoms with Crippen molar-refractivity contribution >= 4 is 5.69 Å². The Balaban J connectivity index is 2.09. The predicted octanol–water partition coefficient (Wildman–Crippen LogP) is 7.54. The lowest BCUT2D eigenvalue weighted by atomic mass is 9.88. The van der Waals surface area contributed by atoms with E-state index in [0.717, 1.165) is 19.3 Å². The summed E-state index contributed by atoms with van der Waals surface area (Å²) >= 11 is 0. The van der Waals surface area contributed by atoms with E-state index in [9.17, 15) is 0 Å². The summed E-state index contributed by atoms with van der Waals surface area (Å²) in [6.07, 6.45) is 8.25. The highest BCUT2D eigenvalue weighted by atomic mass is 15.4. The first-order valence-electron chi connectivity index (χ1n) is 11.0. The van der Waals surface area contributed by atoms with Crippen molar-refractivity contribution in [3.05, 3.63) is 75.8 Å². The molecule has 0 saturated heterocycles. The number of benzene rings is 1. The number of hydrogen-bond donors (Lipinski definition) is 0. The lowest BCUT2D eigenvalue weighted by Crippen LogP contribution is -2.39. The van der Waals surface area contributed by atoms with E-state index in [1.807, 2.05) is 0 Å². The average molecular weight is 391 g/mol. The molecule has 0 radical (unpaired) electrons. The summed E-state index contributed by atoms with van der Waals surface area (Å²) in [4.78, 5) is 5.11. The molecule has 1 aromatic rings. The first-order chi connectivity index (χ1) is 13.6. The molecule has 1 aliphatic heterocycles. The fourth-order valence-electron chi connectivity index (χ4n) is 5.30. The minimum Gasteiger partial charge on any atom is -0.328 e. The number of allylic oxidation sites excluding steroid dienone is 6. The molecule has 2 heteroatoms. The molecule has 29 heavy (non-hydrogen) atoms. The zero-order chi connectivity index (χ0) is 21.5. The zero-order valence-corrected chi connectivity index (χ0v) is 19.7. The summed E-state index contributed by atoms with van der Waals surface area (Å²) in [5.41, 5.74) is 12.4. The molecule has 1 heterocycles. The maximum Gasteiger partial charge on any atom is 0.107 e. The predicted molar refractivity (Wildman–Crippen MR) is 127 cm³/mol. The molecular weight excluding hydrogens is 352 g/mol. The SMILES string of the molecule is C=C(C)CCC1=CN(C2=C(C)C=C(C)CC2C)C(C)N1c1c(C)cc(C)cc1C. The van der Waals surface area contributed by atoms with Crippen LogP contribution < -0.4 is 4.90 Å². The zero-order valence-electron chi connectivity index (χ0n) is 19.7. The first-order valence-corrected chi connectivity index (χ1v) is 11.0. The molecule has 0 N–H and O–H groups in total. The molecule has 0 spiro atoms. The van der Waals surface area contributed by atoms with E-state index in [-0.39, 0.29) is 6.17 Å². The van der Waals surface area contributed by atoms with Gasteiger partial charge in [-0.2, -0.15) is 0 Å². The number of nitrogens with zero attached hydrogens (tertiary/aromatic N) is 2. The molecule has 0 bridgehead atoms. The van der Waals surface area contributed by atoms with Crippen molar-refractivity contribution < 1.29 is 0 Å². The smallest absolute Gasteiger partial charge is 0.107 e. The molecule has 2 aliphatic rings. The van der Waals surface area contributed by atoms with Gasteiger partial charge in [0.25, 0.3) is 0 Å². The van der Waals surface area contributed by atoms with E-state index in [2.05, 4.69) is 96.2 Å². The summed E-state index contributed by atoms with van der Waals surface area (Å²) in [6, 6.07) is 4.63. The molecule has 0 fully saturated rings. The molecule has 3 rings (SSSR count). The molecule has 2 nitrogen and oxygen atoms in total. The highest BCUT2D eigenvalue weighted by Gasteiger charge is 2.35. The van der Waals surface area contributed by atoms with Gasteiger partial charge in [0.2, 0.25) is 0 Å². The topological polar surface area (TPSA) is 6.48 Å². The fraction of sp³-hybridized carbons (Fsp3) is 0.481. The third-order valence-corrected chi connectivity index (χ3v) is 6.30. The monoisotopic (exact) mass is 390 g/mol. The Kier molecular flexibility index (Phi) is 6.12. The quantitative estimate of drug-likeness (QED) is 0.479. The Morgan fingerprint density at radius 2 is 1.69 bits per heavy atom. The van der Waals surface area contributed by atoms with Gasteiger partial charge < -0.3 is 9.80 Å². The Hall–Kier alpha value is -2.22. The first kappa shape index (κ1) is 21.5.